The summed E-state index contributed by atoms with van der Waals surface area (Å²) in [6, 6.07) is 4.11. The molecule has 2 rings (SSSR count). The molecule has 0 unspecified atom stereocenters. The molecule has 0 aliphatic carbocycles. The van der Waals surface area contributed by atoms with Crippen molar-refractivity contribution in [1.82, 2.24) is 0 Å². The first-order valence-electron chi connectivity index (χ1n) is 5.66. The van der Waals surface area contributed by atoms with E-state index in [2.05, 4.69) is 18.4 Å². The molecule has 0 spiro atoms. The van der Waals surface area contributed by atoms with Crippen molar-refractivity contribution in [2.75, 3.05) is 13.2 Å². The zero-order chi connectivity index (χ0) is 10.5. The van der Waals surface area contributed by atoms with Gasteiger partial charge in [0.25, 0.3) is 0 Å². The van der Waals surface area contributed by atoms with Gasteiger partial charge < -0.3 is 9.47 Å². The maximum Gasteiger partial charge on any atom is 0.193 e. The maximum absolute atomic E-state index is 5.72. The Kier molecular flexibility index (Phi) is 4.18. The molecule has 0 amide bonds. The van der Waals surface area contributed by atoms with Crippen LogP contribution < -0.4 is 0 Å². The Balaban J connectivity index is 1.77. The van der Waals surface area contributed by atoms with E-state index < -0.39 is 0 Å². The monoisotopic (exact) mass is 226 g/mol. The van der Waals surface area contributed by atoms with Crippen LogP contribution in [0.3, 0.4) is 0 Å². The molecule has 1 saturated heterocycles. The zero-order valence-electron chi connectivity index (χ0n) is 9.15. The molecule has 3 heteroatoms. The van der Waals surface area contributed by atoms with E-state index in [1.165, 1.54) is 24.1 Å². The first-order chi connectivity index (χ1) is 7.40. The fraction of sp³-hybridized carbons (Fsp3) is 0.667. The van der Waals surface area contributed by atoms with Gasteiger partial charge in [-0.25, -0.2) is 0 Å². The summed E-state index contributed by atoms with van der Waals surface area (Å²) in [4.78, 5) is 1.18. The van der Waals surface area contributed by atoms with Gasteiger partial charge in [0.2, 0.25) is 0 Å². The van der Waals surface area contributed by atoms with E-state index in [1.54, 1.807) is 11.3 Å². The van der Waals surface area contributed by atoms with Gasteiger partial charge in [-0.2, -0.15) is 0 Å². The minimum atomic E-state index is -0.108. The van der Waals surface area contributed by atoms with Gasteiger partial charge >= 0.3 is 0 Å². The second-order valence-corrected chi connectivity index (χ2v) is 5.00. The highest BCUT2D eigenvalue weighted by atomic mass is 32.1. The highest BCUT2D eigenvalue weighted by Crippen LogP contribution is 2.29. The Morgan fingerprint density at radius 2 is 2.20 bits per heavy atom. The van der Waals surface area contributed by atoms with Crippen molar-refractivity contribution < 1.29 is 9.47 Å². The van der Waals surface area contributed by atoms with Crippen LogP contribution in [0, 0.1) is 5.92 Å². The summed E-state index contributed by atoms with van der Waals surface area (Å²) in [5, 5.41) is 2.06. The number of hydrogen-bond acceptors (Lipinski definition) is 3. The van der Waals surface area contributed by atoms with Gasteiger partial charge in [0.15, 0.2) is 6.29 Å². The number of rotatable bonds is 4. The van der Waals surface area contributed by atoms with Crippen molar-refractivity contribution in [3.05, 3.63) is 22.4 Å². The number of unbranched alkanes of at least 4 members (excludes halogenated alkanes) is 1. The molecule has 0 atom stereocenters. The first-order valence-corrected chi connectivity index (χ1v) is 6.54. The van der Waals surface area contributed by atoms with Gasteiger partial charge in [-0.1, -0.05) is 25.8 Å². The Bertz CT molecular complexity index is 263. The lowest BCUT2D eigenvalue weighted by molar-refractivity contribution is -0.204. The van der Waals surface area contributed by atoms with E-state index in [9.17, 15) is 0 Å². The third-order valence-corrected chi connectivity index (χ3v) is 3.60. The molecule has 0 bridgehead atoms. The summed E-state index contributed by atoms with van der Waals surface area (Å²) >= 11 is 1.70. The van der Waals surface area contributed by atoms with Crippen molar-refractivity contribution in [3.63, 3.8) is 0 Å². The Labute approximate surface area is 95.2 Å². The Morgan fingerprint density at radius 3 is 2.80 bits per heavy atom. The number of ether oxygens (including phenoxy) is 2. The Hall–Kier alpha value is -0.380. The molecular weight excluding hydrogens is 208 g/mol. The minimum Gasteiger partial charge on any atom is -0.347 e. The second-order valence-electron chi connectivity index (χ2n) is 4.02. The standard InChI is InChI=1S/C12H18O2S/c1-2-3-5-10-8-13-12(14-9-10)11-6-4-7-15-11/h4,6-7,10,12H,2-3,5,8-9H2,1H3. The molecule has 2 nitrogen and oxygen atoms in total. The molecule has 0 radical (unpaired) electrons. The normalized spacial score (nSPS) is 26.7. The molecule has 1 fully saturated rings. The van der Waals surface area contributed by atoms with Crippen molar-refractivity contribution in [2.24, 2.45) is 5.92 Å². The molecule has 15 heavy (non-hydrogen) atoms. The highest BCUT2D eigenvalue weighted by molar-refractivity contribution is 7.10. The SMILES string of the molecule is CCCCC1COC(c2cccs2)OC1. The van der Waals surface area contributed by atoms with Crippen LogP contribution in [0.15, 0.2) is 17.5 Å². The lowest BCUT2D eigenvalue weighted by Gasteiger charge is -2.28. The zero-order valence-corrected chi connectivity index (χ0v) is 9.96. The average Bonchev–Trinajstić information content (AvgIpc) is 2.80. The summed E-state index contributed by atoms with van der Waals surface area (Å²) in [5.74, 6) is 0.598. The van der Waals surface area contributed by atoms with Gasteiger partial charge in [-0.05, 0) is 17.9 Å². The van der Waals surface area contributed by atoms with Crippen molar-refractivity contribution in [3.8, 4) is 0 Å². The van der Waals surface area contributed by atoms with Crippen molar-refractivity contribution >= 4 is 11.3 Å². The van der Waals surface area contributed by atoms with Crippen LogP contribution in [0.4, 0.5) is 0 Å². The lowest BCUT2D eigenvalue weighted by Crippen LogP contribution is -2.26. The summed E-state index contributed by atoms with van der Waals surface area (Å²) in [6.07, 6.45) is 3.66. The molecule has 1 aliphatic rings. The van der Waals surface area contributed by atoms with Crippen LogP contribution in [-0.2, 0) is 9.47 Å². The van der Waals surface area contributed by atoms with Crippen LogP contribution in [0.2, 0.25) is 0 Å². The van der Waals surface area contributed by atoms with Gasteiger partial charge in [0, 0.05) is 5.92 Å². The molecule has 2 heterocycles. The fourth-order valence-electron chi connectivity index (χ4n) is 1.79. The minimum absolute atomic E-state index is 0.108. The van der Waals surface area contributed by atoms with E-state index in [4.69, 9.17) is 9.47 Å². The third kappa shape index (κ3) is 3.03. The maximum atomic E-state index is 5.72. The number of hydrogen-bond donors (Lipinski definition) is 0. The molecule has 0 saturated carbocycles. The van der Waals surface area contributed by atoms with Crippen LogP contribution in [0.25, 0.3) is 0 Å². The largest absolute Gasteiger partial charge is 0.347 e. The van der Waals surface area contributed by atoms with Gasteiger partial charge in [0.05, 0.1) is 18.1 Å². The van der Waals surface area contributed by atoms with Crippen LogP contribution in [0.5, 0.6) is 0 Å². The molecule has 1 aromatic heterocycles. The van der Waals surface area contributed by atoms with E-state index in [-0.39, 0.29) is 6.29 Å². The predicted octanol–water partition coefficient (Wildman–Crippen LogP) is 3.60. The van der Waals surface area contributed by atoms with E-state index in [0.717, 1.165) is 13.2 Å². The van der Waals surface area contributed by atoms with E-state index in [0.29, 0.717) is 5.92 Å². The van der Waals surface area contributed by atoms with E-state index in [1.807, 2.05) is 6.07 Å². The molecular formula is C12H18O2S. The highest BCUT2D eigenvalue weighted by Gasteiger charge is 2.23. The lowest BCUT2D eigenvalue weighted by atomic mass is 10.0. The van der Waals surface area contributed by atoms with Crippen LogP contribution in [-0.4, -0.2) is 13.2 Å². The average molecular weight is 226 g/mol. The Morgan fingerprint density at radius 1 is 1.40 bits per heavy atom. The van der Waals surface area contributed by atoms with Gasteiger partial charge in [-0.3, -0.25) is 0 Å². The topological polar surface area (TPSA) is 18.5 Å². The molecule has 0 N–H and O–H groups in total. The summed E-state index contributed by atoms with van der Waals surface area (Å²) in [7, 11) is 0. The summed E-state index contributed by atoms with van der Waals surface area (Å²) in [6.45, 7) is 3.92. The second kappa shape index (κ2) is 5.64. The molecule has 0 aromatic carbocycles. The van der Waals surface area contributed by atoms with Gasteiger partial charge in [-0.15, -0.1) is 11.3 Å². The van der Waals surface area contributed by atoms with Crippen LogP contribution in [0.1, 0.15) is 37.4 Å². The fourth-order valence-corrected chi connectivity index (χ4v) is 2.51. The summed E-state index contributed by atoms with van der Waals surface area (Å²) in [5.41, 5.74) is 0. The molecule has 1 aromatic rings. The van der Waals surface area contributed by atoms with Gasteiger partial charge in [0.1, 0.15) is 0 Å². The van der Waals surface area contributed by atoms with Crippen molar-refractivity contribution in [1.29, 1.82) is 0 Å². The summed E-state index contributed by atoms with van der Waals surface area (Å²) < 4.78 is 11.4. The molecule has 1 aliphatic heterocycles. The van der Waals surface area contributed by atoms with Crippen LogP contribution >= 0.6 is 11.3 Å². The smallest absolute Gasteiger partial charge is 0.193 e. The van der Waals surface area contributed by atoms with E-state index >= 15 is 0 Å². The molecule has 84 valence electrons. The quantitative estimate of drug-likeness (QED) is 0.781. The predicted molar refractivity (Wildman–Crippen MR) is 62.0 cm³/mol. The van der Waals surface area contributed by atoms with Crippen molar-refractivity contribution in [2.45, 2.75) is 32.5 Å². The third-order valence-electron chi connectivity index (χ3n) is 2.71. The number of thiophene rings is 1. The first kappa shape index (κ1) is 11.1.